The predicted octanol–water partition coefficient (Wildman–Crippen LogP) is 2.88. The molecule has 1 saturated heterocycles. The molecule has 0 aromatic heterocycles. The van der Waals surface area contributed by atoms with Crippen LogP contribution in [0.25, 0.3) is 11.1 Å². The molecule has 0 saturated carbocycles. The molecule has 3 rings (SSSR count). The topological polar surface area (TPSA) is 40.6 Å². The highest BCUT2D eigenvalue weighted by atomic mass is 35.5. The molecule has 1 heterocycles. The van der Waals surface area contributed by atoms with Gasteiger partial charge in [0.25, 0.3) is 5.91 Å². The summed E-state index contributed by atoms with van der Waals surface area (Å²) >= 11 is 5.57. The Hall–Kier alpha value is -2.33. The van der Waals surface area contributed by atoms with Gasteiger partial charge in [-0.05, 0) is 23.3 Å². The quantitative estimate of drug-likeness (QED) is 0.805. The SMILES string of the molecule is O=C(CCl)N1CCN(C(=O)c2ccc(-c3ccccc3)cc2)CC1. The maximum absolute atomic E-state index is 12.6. The van der Waals surface area contributed by atoms with Crippen molar-refractivity contribution in [3.63, 3.8) is 0 Å². The summed E-state index contributed by atoms with van der Waals surface area (Å²) in [6.45, 7) is 2.17. The average molecular weight is 343 g/mol. The fourth-order valence-corrected chi connectivity index (χ4v) is 3.03. The number of amides is 2. The van der Waals surface area contributed by atoms with Crippen molar-refractivity contribution in [3.05, 3.63) is 60.2 Å². The molecule has 0 unspecified atom stereocenters. The zero-order valence-corrected chi connectivity index (χ0v) is 14.1. The van der Waals surface area contributed by atoms with Crippen LogP contribution in [0.5, 0.6) is 0 Å². The van der Waals surface area contributed by atoms with Gasteiger partial charge in [-0.2, -0.15) is 0 Å². The third kappa shape index (κ3) is 3.60. The number of hydrogen-bond acceptors (Lipinski definition) is 2. The molecule has 0 spiro atoms. The third-order valence-corrected chi connectivity index (χ3v) is 4.50. The van der Waals surface area contributed by atoms with Gasteiger partial charge in [0, 0.05) is 31.7 Å². The molecule has 5 heteroatoms. The fraction of sp³-hybridized carbons (Fsp3) is 0.263. The summed E-state index contributed by atoms with van der Waals surface area (Å²) in [5.41, 5.74) is 2.89. The zero-order chi connectivity index (χ0) is 16.9. The minimum atomic E-state index is -0.0732. The largest absolute Gasteiger partial charge is 0.338 e. The first-order valence-electron chi connectivity index (χ1n) is 7.97. The van der Waals surface area contributed by atoms with Crippen LogP contribution < -0.4 is 0 Å². The van der Waals surface area contributed by atoms with Crippen LogP contribution in [0.2, 0.25) is 0 Å². The van der Waals surface area contributed by atoms with Gasteiger partial charge in [0.05, 0.1) is 0 Å². The molecule has 2 amide bonds. The number of carbonyl (C=O) groups is 2. The maximum atomic E-state index is 12.6. The number of halogens is 1. The average Bonchev–Trinajstić information content (AvgIpc) is 2.68. The number of piperazine rings is 1. The molecule has 1 aliphatic heterocycles. The van der Waals surface area contributed by atoms with Crippen molar-refractivity contribution in [2.75, 3.05) is 32.1 Å². The molecule has 2 aromatic carbocycles. The Balaban J connectivity index is 1.65. The molecule has 0 aliphatic carbocycles. The molecule has 0 radical (unpaired) electrons. The zero-order valence-electron chi connectivity index (χ0n) is 13.3. The van der Waals surface area contributed by atoms with Crippen molar-refractivity contribution in [1.29, 1.82) is 0 Å². The molecular formula is C19H19ClN2O2. The van der Waals surface area contributed by atoms with E-state index >= 15 is 0 Å². The van der Waals surface area contributed by atoms with Crippen LogP contribution in [0.15, 0.2) is 54.6 Å². The van der Waals surface area contributed by atoms with Gasteiger partial charge < -0.3 is 9.80 Å². The van der Waals surface area contributed by atoms with E-state index in [9.17, 15) is 9.59 Å². The molecule has 0 atom stereocenters. The predicted molar refractivity (Wildman–Crippen MR) is 95.1 cm³/mol. The Bertz CT molecular complexity index is 708. The first-order valence-corrected chi connectivity index (χ1v) is 8.51. The van der Waals surface area contributed by atoms with Crippen LogP contribution in [0, 0.1) is 0 Å². The van der Waals surface area contributed by atoms with E-state index in [-0.39, 0.29) is 17.7 Å². The Morgan fingerprint density at radius 1 is 0.792 bits per heavy atom. The third-order valence-electron chi connectivity index (χ3n) is 4.27. The van der Waals surface area contributed by atoms with Gasteiger partial charge in [-0.25, -0.2) is 0 Å². The van der Waals surface area contributed by atoms with Gasteiger partial charge in [0.2, 0.25) is 5.91 Å². The Morgan fingerprint density at radius 3 is 1.92 bits per heavy atom. The molecule has 1 fully saturated rings. The van der Waals surface area contributed by atoms with Gasteiger partial charge in [-0.15, -0.1) is 11.6 Å². The highest BCUT2D eigenvalue weighted by Gasteiger charge is 2.24. The number of nitrogens with zero attached hydrogens (tertiary/aromatic N) is 2. The Kier molecular flexibility index (Phi) is 5.16. The molecule has 0 bridgehead atoms. The summed E-state index contributed by atoms with van der Waals surface area (Å²) in [7, 11) is 0. The lowest BCUT2D eigenvalue weighted by molar-refractivity contribution is -0.129. The van der Waals surface area contributed by atoms with Crippen molar-refractivity contribution in [3.8, 4) is 11.1 Å². The molecular weight excluding hydrogens is 324 g/mol. The van der Waals surface area contributed by atoms with Crippen LogP contribution >= 0.6 is 11.6 Å². The minimum Gasteiger partial charge on any atom is -0.338 e. The van der Waals surface area contributed by atoms with Crippen LogP contribution in [0.1, 0.15) is 10.4 Å². The molecule has 1 aliphatic rings. The van der Waals surface area contributed by atoms with Gasteiger partial charge in [0.15, 0.2) is 0 Å². The minimum absolute atomic E-state index is 0.00506. The number of rotatable bonds is 3. The van der Waals surface area contributed by atoms with E-state index in [2.05, 4.69) is 0 Å². The van der Waals surface area contributed by atoms with Crippen molar-refractivity contribution in [2.45, 2.75) is 0 Å². The number of hydrogen-bond donors (Lipinski definition) is 0. The Morgan fingerprint density at radius 2 is 1.33 bits per heavy atom. The second-order valence-corrected chi connectivity index (χ2v) is 6.02. The summed E-state index contributed by atoms with van der Waals surface area (Å²) in [5, 5.41) is 0. The monoisotopic (exact) mass is 342 g/mol. The van der Waals surface area contributed by atoms with Crippen molar-refractivity contribution >= 4 is 23.4 Å². The first-order chi connectivity index (χ1) is 11.7. The molecule has 0 N–H and O–H groups in total. The van der Waals surface area contributed by atoms with Gasteiger partial charge in [-0.1, -0.05) is 42.5 Å². The van der Waals surface area contributed by atoms with Gasteiger partial charge >= 0.3 is 0 Å². The lowest BCUT2D eigenvalue weighted by Crippen LogP contribution is -2.50. The highest BCUT2D eigenvalue weighted by Crippen LogP contribution is 2.20. The van der Waals surface area contributed by atoms with Crippen LogP contribution in [-0.4, -0.2) is 53.7 Å². The lowest BCUT2D eigenvalue weighted by atomic mass is 10.0. The van der Waals surface area contributed by atoms with Crippen LogP contribution in [0.3, 0.4) is 0 Å². The summed E-state index contributed by atoms with van der Waals surface area (Å²) in [5.74, 6) is -0.0712. The normalized spacial score (nSPS) is 14.5. The Labute approximate surface area is 146 Å². The van der Waals surface area contributed by atoms with E-state index in [1.165, 1.54) is 0 Å². The highest BCUT2D eigenvalue weighted by molar-refractivity contribution is 6.27. The second-order valence-electron chi connectivity index (χ2n) is 5.75. The smallest absolute Gasteiger partial charge is 0.253 e. The molecule has 124 valence electrons. The summed E-state index contributed by atoms with van der Waals surface area (Å²) < 4.78 is 0. The molecule has 2 aromatic rings. The van der Waals surface area contributed by atoms with Gasteiger partial charge in [-0.3, -0.25) is 9.59 Å². The van der Waals surface area contributed by atoms with Crippen LogP contribution in [-0.2, 0) is 4.79 Å². The van der Waals surface area contributed by atoms with Crippen molar-refractivity contribution in [1.82, 2.24) is 9.80 Å². The van der Waals surface area contributed by atoms with Crippen molar-refractivity contribution in [2.24, 2.45) is 0 Å². The van der Waals surface area contributed by atoms with E-state index in [1.54, 1.807) is 9.80 Å². The standard InChI is InChI=1S/C19H19ClN2O2/c20-14-18(23)21-10-12-22(13-11-21)19(24)17-8-6-16(7-9-17)15-4-2-1-3-5-15/h1-9H,10-14H2. The van der Waals surface area contributed by atoms with E-state index in [0.717, 1.165) is 11.1 Å². The van der Waals surface area contributed by atoms with Gasteiger partial charge in [0.1, 0.15) is 5.88 Å². The number of alkyl halides is 1. The summed E-state index contributed by atoms with van der Waals surface area (Å²) in [6, 6.07) is 17.7. The molecule has 4 nitrogen and oxygen atoms in total. The lowest BCUT2D eigenvalue weighted by Gasteiger charge is -2.34. The van der Waals surface area contributed by atoms with E-state index in [1.807, 2.05) is 54.6 Å². The summed E-state index contributed by atoms with van der Waals surface area (Å²) in [4.78, 5) is 27.7. The fourth-order valence-electron chi connectivity index (χ4n) is 2.86. The molecule has 24 heavy (non-hydrogen) atoms. The van der Waals surface area contributed by atoms with Crippen LogP contribution in [0.4, 0.5) is 0 Å². The maximum Gasteiger partial charge on any atom is 0.253 e. The second kappa shape index (κ2) is 7.49. The van der Waals surface area contributed by atoms with E-state index < -0.39 is 0 Å². The number of carbonyl (C=O) groups excluding carboxylic acids is 2. The first kappa shape index (κ1) is 16.5. The number of benzene rings is 2. The van der Waals surface area contributed by atoms with Crippen molar-refractivity contribution < 1.29 is 9.59 Å². The van der Waals surface area contributed by atoms with E-state index in [4.69, 9.17) is 11.6 Å². The van der Waals surface area contributed by atoms with E-state index in [0.29, 0.717) is 31.7 Å². The summed E-state index contributed by atoms with van der Waals surface area (Å²) in [6.07, 6.45) is 0.